The molecule has 1 fully saturated rings. The molecule has 10 heteroatoms. The van der Waals surface area contributed by atoms with Crippen molar-refractivity contribution in [2.24, 2.45) is 0 Å². The fourth-order valence-corrected chi connectivity index (χ4v) is 3.52. The average Bonchev–Trinajstić information content (AvgIpc) is 2.99. The Morgan fingerprint density at radius 3 is 2.38 bits per heavy atom. The van der Waals surface area contributed by atoms with E-state index in [1.54, 1.807) is 6.07 Å². The van der Waals surface area contributed by atoms with Gasteiger partial charge in [0, 0.05) is 34.8 Å². The standard InChI is InChI=1S/C19H17F3N4O3/c20-19(21,22)9-1-2-12(14(27)5-9)17-11-3-4-23-8-13(11)18(26-25-17)24-10-6-15(28)16(29)7-10/h1-5,8,10,15-16,27-29H,6-7H2,(H,24,26)/t15-,16-/m0/s1. The van der Waals surface area contributed by atoms with E-state index in [4.69, 9.17) is 0 Å². The number of phenols is 1. The summed E-state index contributed by atoms with van der Waals surface area (Å²) >= 11 is 0. The van der Waals surface area contributed by atoms with Crippen molar-refractivity contribution in [1.82, 2.24) is 15.2 Å². The van der Waals surface area contributed by atoms with Crippen LogP contribution in [0.1, 0.15) is 18.4 Å². The highest BCUT2D eigenvalue weighted by Gasteiger charge is 2.33. The molecule has 29 heavy (non-hydrogen) atoms. The van der Waals surface area contributed by atoms with Crippen molar-refractivity contribution in [2.75, 3.05) is 5.32 Å². The number of aromatic hydroxyl groups is 1. The molecule has 2 aromatic heterocycles. The van der Waals surface area contributed by atoms with Gasteiger partial charge in [-0.05, 0) is 37.1 Å². The second kappa shape index (κ2) is 7.12. The number of aromatic nitrogens is 3. The van der Waals surface area contributed by atoms with E-state index in [1.807, 2.05) is 0 Å². The van der Waals surface area contributed by atoms with Crippen LogP contribution < -0.4 is 5.32 Å². The van der Waals surface area contributed by atoms with Crippen molar-refractivity contribution in [3.63, 3.8) is 0 Å². The predicted molar refractivity (Wildman–Crippen MR) is 98.1 cm³/mol. The number of rotatable bonds is 3. The zero-order valence-electron chi connectivity index (χ0n) is 14.9. The minimum Gasteiger partial charge on any atom is -0.507 e. The van der Waals surface area contributed by atoms with Gasteiger partial charge in [0.1, 0.15) is 11.4 Å². The Labute approximate surface area is 162 Å². The van der Waals surface area contributed by atoms with Gasteiger partial charge < -0.3 is 20.6 Å². The molecule has 2 heterocycles. The summed E-state index contributed by atoms with van der Waals surface area (Å²) in [6, 6.07) is 4.08. The number of aliphatic hydroxyl groups excluding tert-OH is 2. The molecule has 1 saturated carbocycles. The van der Waals surface area contributed by atoms with E-state index in [2.05, 4.69) is 20.5 Å². The maximum Gasteiger partial charge on any atom is 0.416 e. The molecule has 3 aromatic rings. The summed E-state index contributed by atoms with van der Waals surface area (Å²) in [7, 11) is 0. The summed E-state index contributed by atoms with van der Waals surface area (Å²) in [4.78, 5) is 4.06. The molecular weight excluding hydrogens is 389 g/mol. The largest absolute Gasteiger partial charge is 0.507 e. The van der Waals surface area contributed by atoms with Crippen LogP contribution in [0.5, 0.6) is 5.75 Å². The maximum absolute atomic E-state index is 12.9. The summed E-state index contributed by atoms with van der Waals surface area (Å²) in [5.41, 5.74) is -0.639. The van der Waals surface area contributed by atoms with E-state index < -0.39 is 29.7 Å². The van der Waals surface area contributed by atoms with Gasteiger partial charge in [-0.1, -0.05) is 0 Å². The Kier molecular flexibility index (Phi) is 4.75. The van der Waals surface area contributed by atoms with Crippen molar-refractivity contribution in [2.45, 2.75) is 37.3 Å². The molecule has 7 nitrogen and oxygen atoms in total. The highest BCUT2D eigenvalue weighted by atomic mass is 19.4. The van der Waals surface area contributed by atoms with Crippen LogP contribution in [0.4, 0.5) is 19.0 Å². The van der Waals surface area contributed by atoms with Crippen molar-refractivity contribution in [3.8, 4) is 17.0 Å². The number of hydrogen-bond acceptors (Lipinski definition) is 7. The Hall–Kier alpha value is -2.98. The number of alkyl halides is 3. The molecule has 152 valence electrons. The summed E-state index contributed by atoms with van der Waals surface area (Å²) in [5.74, 6) is -0.190. The number of hydrogen-bond donors (Lipinski definition) is 4. The Balaban J connectivity index is 1.74. The van der Waals surface area contributed by atoms with Crippen molar-refractivity contribution in [3.05, 3.63) is 42.2 Å². The molecule has 0 spiro atoms. The third kappa shape index (κ3) is 3.68. The smallest absolute Gasteiger partial charge is 0.416 e. The quantitative estimate of drug-likeness (QED) is 0.529. The van der Waals surface area contributed by atoms with Gasteiger partial charge in [-0.2, -0.15) is 13.2 Å². The normalized spacial score (nSPS) is 20.3. The van der Waals surface area contributed by atoms with Crippen LogP contribution in [0.15, 0.2) is 36.7 Å². The molecule has 0 amide bonds. The number of aliphatic hydroxyl groups is 2. The van der Waals surface area contributed by atoms with Crippen LogP contribution in [0.25, 0.3) is 22.0 Å². The van der Waals surface area contributed by atoms with Gasteiger partial charge in [-0.3, -0.25) is 4.98 Å². The van der Waals surface area contributed by atoms with Gasteiger partial charge in [0.15, 0.2) is 5.82 Å². The Bertz CT molecular complexity index is 1050. The number of fused-ring (bicyclic) bond motifs is 1. The van der Waals surface area contributed by atoms with Crippen LogP contribution in [0, 0.1) is 0 Å². The fourth-order valence-electron chi connectivity index (χ4n) is 3.52. The molecular formula is C19H17F3N4O3. The highest BCUT2D eigenvalue weighted by molar-refractivity contribution is 6.00. The molecule has 4 rings (SSSR count). The lowest BCUT2D eigenvalue weighted by molar-refractivity contribution is -0.137. The molecule has 0 radical (unpaired) electrons. The molecule has 0 saturated heterocycles. The van der Waals surface area contributed by atoms with E-state index >= 15 is 0 Å². The zero-order valence-corrected chi connectivity index (χ0v) is 14.9. The van der Waals surface area contributed by atoms with Crippen LogP contribution in [0.2, 0.25) is 0 Å². The first-order valence-electron chi connectivity index (χ1n) is 8.87. The van der Waals surface area contributed by atoms with Crippen molar-refractivity contribution < 1.29 is 28.5 Å². The van der Waals surface area contributed by atoms with E-state index in [0.717, 1.165) is 12.1 Å². The molecule has 1 aliphatic rings. The Morgan fingerprint density at radius 1 is 1.00 bits per heavy atom. The second-order valence-electron chi connectivity index (χ2n) is 7.00. The molecule has 0 unspecified atom stereocenters. The number of anilines is 1. The SMILES string of the molecule is Oc1cc(C(F)(F)F)ccc1-c1nnc(NC2C[C@H](O)[C@@H](O)C2)c2cnccc12. The minimum atomic E-state index is -4.57. The maximum atomic E-state index is 12.9. The number of phenolic OH excluding ortho intramolecular Hbond substituents is 1. The molecule has 0 aliphatic heterocycles. The highest BCUT2D eigenvalue weighted by Crippen LogP contribution is 2.38. The number of halogens is 3. The van der Waals surface area contributed by atoms with Crippen LogP contribution in [0.3, 0.4) is 0 Å². The molecule has 1 aromatic carbocycles. The lowest BCUT2D eigenvalue weighted by Gasteiger charge is -2.16. The zero-order chi connectivity index (χ0) is 20.8. The minimum absolute atomic E-state index is 0.111. The van der Waals surface area contributed by atoms with E-state index in [0.29, 0.717) is 35.5 Å². The van der Waals surface area contributed by atoms with E-state index in [9.17, 15) is 28.5 Å². The summed E-state index contributed by atoms with van der Waals surface area (Å²) in [5, 5.41) is 42.0. The third-order valence-electron chi connectivity index (χ3n) is 5.00. The van der Waals surface area contributed by atoms with Crippen molar-refractivity contribution in [1.29, 1.82) is 0 Å². The average molecular weight is 406 g/mol. The summed E-state index contributed by atoms with van der Waals surface area (Å²) in [6.45, 7) is 0. The predicted octanol–water partition coefficient (Wildman–Crippen LogP) is 2.71. The fraction of sp³-hybridized carbons (Fsp3) is 0.316. The summed E-state index contributed by atoms with van der Waals surface area (Å²) < 4.78 is 38.6. The number of pyridine rings is 1. The van der Waals surface area contributed by atoms with Gasteiger partial charge in [0.05, 0.1) is 17.8 Å². The van der Waals surface area contributed by atoms with Gasteiger partial charge in [0.25, 0.3) is 0 Å². The third-order valence-corrected chi connectivity index (χ3v) is 5.00. The van der Waals surface area contributed by atoms with Crippen LogP contribution in [-0.4, -0.2) is 48.8 Å². The molecule has 0 bridgehead atoms. The van der Waals surface area contributed by atoms with Crippen LogP contribution >= 0.6 is 0 Å². The first-order valence-corrected chi connectivity index (χ1v) is 8.87. The monoisotopic (exact) mass is 406 g/mol. The van der Waals surface area contributed by atoms with E-state index in [-0.39, 0.29) is 17.3 Å². The number of nitrogens with zero attached hydrogens (tertiary/aromatic N) is 3. The lowest BCUT2D eigenvalue weighted by atomic mass is 10.0. The Morgan fingerprint density at radius 2 is 1.72 bits per heavy atom. The van der Waals surface area contributed by atoms with E-state index in [1.165, 1.54) is 12.4 Å². The first kappa shape index (κ1) is 19.3. The molecule has 1 aliphatic carbocycles. The van der Waals surface area contributed by atoms with Gasteiger partial charge in [-0.15, -0.1) is 10.2 Å². The van der Waals surface area contributed by atoms with Crippen molar-refractivity contribution >= 4 is 16.6 Å². The van der Waals surface area contributed by atoms with Gasteiger partial charge in [0.2, 0.25) is 0 Å². The number of benzene rings is 1. The summed E-state index contributed by atoms with van der Waals surface area (Å²) in [6.07, 6.45) is -2.52. The van der Waals surface area contributed by atoms with Gasteiger partial charge >= 0.3 is 6.18 Å². The molecule has 2 atom stereocenters. The first-order chi connectivity index (χ1) is 13.7. The lowest BCUT2D eigenvalue weighted by Crippen LogP contribution is -2.18. The topological polar surface area (TPSA) is 111 Å². The van der Waals surface area contributed by atoms with Gasteiger partial charge in [-0.25, -0.2) is 0 Å². The van der Waals surface area contributed by atoms with Crippen LogP contribution in [-0.2, 0) is 6.18 Å². The second-order valence-corrected chi connectivity index (χ2v) is 7.00. The molecule has 4 N–H and O–H groups in total. The number of nitrogens with one attached hydrogen (secondary N) is 1.